The zero-order valence-electron chi connectivity index (χ0n) is 19.5. The number of benzene rings is 4. The second kappa shape index (κ2) is 9.66. The van der Waals surface area contributed by atoms with Gasteiger partial charge in [0.25, 0.3) is 0 Å². The van der Waals surface area contributed by atoms with Gasteiger partial charge in [-0.05, 0) is 59.7 Å². The van der Waals surface area contributed by atoms with E-state index in [1.54, 1.807) is 24.3 Å². The molecular weight excluding hydrogens is 505 g/mol. The van der Waals surface area contributed by atoms with Crippen molar-refractivity contribution in [3.63, 3.8) is 0 Å². The number of aromatic carboxylic acids is 1. The molecule has 0 atom stereocenters. The first-order valence-corrected chi connectivity index (χ1v) is 11.4. The molecule has 4 nitrogen and oxygen atoms in total. The Bertz CT molecular complexity index is 1640. The Hall–Kier alpha value is -4.66. The maximum absolute atomic E-state index is 14.8. The molecule has 5 rings (SSSR count). The van der Waals surface area contributed by atoms with Gasteiger partial charge >= 0.3 is 12.1 Å². The van der Waals surface area contributed by atoms with Crippen molar-refractivity contribution in [1.82, 2.24) is 4.57 Å². The highest BCUT2D eigenvalue weighted by Crippen LogP contribution is 2.48. The number of ether oxygens (including phenoxy) is 1. The molecule has 0 saturated heterocycles. The van der Waals surface area contributed by atoms with Crippen LogP contribution in [0.3, 0.4) is 0 Å². The Morgan fingerprint density at radius 1 is 0.868 bits per heavy atom. The summed E-state index contributed by atoms with van der Waals surface area (Å²) in [5, 5.41) is 9.25. The lowest BCUT2D eigenvalue weighted by Crippen LogP contribution is -2.14. The smallest absolute Gasteiger partial charge is 0.432 e. The van der Waals surface area contributed by atoms with Gasteiger partial charge in [0.1, 0.15) is 29.7 Å². The molecule has 1 heterocycles. The zero-order valence-corrected chi connectivity index (χ0v) is 19.5. The molecule has 0 aliphatic rings. The summed E-state index contributed by atoms with van der Waals surface area (Å²) in [5.41, 5.74) is -1.51. The molecule has 1 aromatic heterocycles. The molecule has 4 aromatic carbocycles. The first kappa shape index (κ1) is 25.0. The van der Waals surface area contributed by atoms with E-state index in [4.69, 9.17) is 4.74 Å². The van der Waals surface area contributed by atoms with Gasteiger partial charge in [-0.3, -0.25) is 0 Å². The fourth-order valence-electron chi connectivity index (χ4n) is 4.42. The minimum atomic E-state index is -4.94. The van der Waals surface area contributed by atoms with Crippen molar-refractivity contribution in [2.75, 3.05) is 0 Å². The summed E-state index contributed by atoms with van der Waals surface area (Å²) >= 11 is 0. The highest BCUT2D eigenvalue weighted by Gasteiger charge is 2.41. The highest BCUT2D eigenvalue weighted by molar-refractivity contribution is 6.04. The molecule has 0 fully saturated rings. The Balaban J connectivity index is 1.84. The van der Waals surface area contributed by atoms with Crippen LogP contribution in [0, 0.1) is 11.6 Å². The van der Waals surface area contributed by atoms with E-state index in [-0.39, 0.29) is 34.5 Å². The van der Waals surface area contributed by atoms with Crippen LogP contribution in [0.25, 0.3) is 27.7 Å². The van der Waals surface area contributed by atoms with Crippen LogP contribution in [0.2, 0.25) is 0 Å². The van der Waals surface area contributed by atoms with Crippen LogP contribution in [0.4, 0.5) is 22.0 Å². The minimum Gasteiger partial charge on any atom is -0.488 e. The van der Waals surface area contributed by atoms with Crippen LogP contribution in [-0.4, -0.2) is 15.6 Å². The third-order valence-corrected chi connectivity index (χ3v) is 6.03. The number of alkyl halides is 3. The van der Waals surface area contributed by atoms with Gasteiger partial charge in [0, 0.05) is 11.3 Å². The maximum Gasteiger partial charge on any atom is 0.432 e. The van der Waals surface area contributed by atoms with E-state index in [2.05, 4.69) is 0 Å². The highest BCUT2D eigenvalue weighted by atomic mass is 19.4. The first-order valence-electron chi connectivity index (χ1n) is 11.4. The van der Waals surface area contributed by atoms with Crippen LogP contribution in [0.15, 0.2) is 91.0 Å². The van der Waals surface area contributed by atoms with Crippen molar-refractivity contribution in [2.24, 2.45) is 0 Å². The second-order valence-corrected chi connectivity index (χ2v) is 8.46. The van der Waals surface area contributed by atoms with E-state index in [9.17, 15) is 31.9 Å². The third kappa shape index (κ3) is 4.58. The number of carboxylic acids is 1. The predicted molar refractivity (Wildman–Crippen MR) is 131 cm³/mol. The summed E-state index contributed by atoms with van der Waals surface area (Å²) in [6, 6.07) is 20.8. The minimum absolute atomic E-state index is 0.0258. The zero-order chi connectivity index (χ0) is 27.0. The molecule has 1 N–H and O–H groups in total. The summed E-state index contributed by atoms with van der Waals surface area (Å²) in [5.74, 6) is -3.26. The molecule has 0 aliphatic heterocycles. The number of halogens is 5. The molecule has 0 amide bonds. The standard InChI is InChI=1S/C29H18F5NO3/c30-19-10-12-20(13-11-19)35-23-7-4-8-24(38-16-17-5-2-1-3-6-17)26(23)25(27(35)29(32,33)34)18-9-14-21(28(36)37)22(31)15-18/h1-15H,16H2,(H,36,37). The van der Waals surface area contributed by atoms with Crippen LogP contribution >= 0.6 is 0 Å². The Morgan fingerprint density at radius 3 is 2.21 bits per heavy atom. The fourth-order valence-corrected chi connectivity index (χ4v) is 4.42. The predicted octanol–water partition coefficient (Wildman–Crippen LogP) is 7.87. The van der Waals surface area contributed by atoms with Gasteiger partial charge in [0.05, 0.1) is 16.5 Å². The number of carbonyl (C=O) groups is 1. The molecule has 0 bridgehead atoms. The van der Waals surface area contributed by atoms with E-state index in [1.807, 2.05) is 6.07 Å². The molecule has 0 spiro atoms. The number of rotatable bonds is 6. The van der Waals surface area contributed by atoms with E-state index >= 15 is 0 Å². The van der Waals surface area contributed by atoms with Crippen molar-refractivity contribution in [3.8, 4) is 22.6 Å². The molecule has 0 aliphatic carbocycles. The van der Waals surface area contributed by atoms with Crippen LogP contribution in [-0.2, 0) is 12.8 Å². The molecule has 38 heavy (non-hydrogen) atoms. The molecule has 0 unspecified atom stereocenters. The topological polar surface area (TPSA) is 51.5 Å². The van der Waals surface area contributed by atoms with Crippen molar-refractivity contribution >= 4 is 16.9 Å². The van der Waals surface area contributed by atoms with Gasteiger partial charge in [-0.15, -0.1) is 0 Å². The summed E-state index contributed by atoms with van der Waals surface area (Å²) in [7, 11) is 0. The average Bonchev–Trinajstić information content (AvgIpc) is 3.25. The first-order chi connectivity index (χ1) is 18.1. The van der Waals surface area contributed by atoms with E-state index in [0.29, 0.717) is 0 Å². The fraction of sp³-hybridized carbons (Fsp3) is 0.0690. The van der Waals surface area contributed by atoms with Gasteiger partial charge < -0.3 is 14.4 Å². The Labute approximate surface area is 213 Å². The number of aromatic nitrogens is 1. The molecule has 192 valence electrons. The quantitative estimate of drug-likeness (QED) is 0.231. The van der Waals surface area contributed by atoms with Crippen molar-refractivity contribution < 1.29 is 36.6 Å². The average molecular weight is 523 g/mol. The lowest BCUT2D eigenvalue weighted by molar-refractivity contribution is -0.141. The third-order valence-electron chi connectivity index (χ3n) is 6.03. The van der Waals surface area contributed by atoms with E-state index < -0.39 is 40.6 Å². The summed E-state index contributed by atoms with van der Waals surface area (Å²) in [4.78, 5) is 11.3. The number of fused-ring (bicyclic) bond motifs is 1. The SMILES string of the molecule is O=C(O)c1ccc(-c2c(C(F)(F)F)n(-c3ccc(F)cc3)c3cccc(OCc4ccccc4)c23)cc1F. The molecule has 0 radical (unpaired) electrons. The van der Waals surface area contributed by atoms with Crippen LogP contribution in [0.5, 0.6) is 5.75 Å². The largest absolute Gasteiger partial charge is 0.488 e. The van der Waals surface area contributed by atoms with E-state index in [0.717, 1.165) is 40.5 Å². The lowest BCUT2D eigenvalue weighted by Gasteiger charge is -2.15. The Morgan fingerprint density at radius 2 is 1.58 bits per heavy atom. The molecule has 9 heteroatoms. The monoisotopic (exact) mass is 523 g/mol. The molecule has 5 aromatic rings. The number of nitrogens with zero attached hydrogens (tertiary/aromatic N) is 1. The van der Waals surface area contributed by atoms with Crippen molar-refractivity contribution in [2.45, 2.75) is 12.8 Å². The number of hydrogen-bond donors (Lipinski definition) is 1. The van der Waals surface area contributed by atoms with Gasteiger partial charge in [0.15, 0.2) is 0 Å². The maximum atomic E-state index is 14.8. The van der Waals surface area contributed by atoms with Crippen molar-refractivity contribution in [3.05, 3.63) is 119 Å². The summed E-state index contributed by atoms with van der Waals surface area (Å²) < 4.78 is 79.6. The molecule has 0 saturated carbocycles. The lowest BCUT2D eigenvalue weighted by atomic mass is 9.99. The van der Waals surface area contributed by atoms with Gasteiger partial charge in [-0.1, -0.05) is 42.5 Å². The van der Waals surface area contributed by atoms with Gasteiger partial charge in [-0.25, -0.2) is 13.6 Å². The van der Waals surface area contributed by atoms with E-state index in [1.165, 1.54) is 30.3 Å². The summed E-state index contributed by atoms with van der Waals surface area (Å²) in [6.07, 6.45) is -4.94. The summed E-state index contributed by atoms with van der Waals surface area (Å²) in [6.45, 7) is 0.0504. The van der Waals surface area contributed by atoms with Gasteiger partial charge in [0.2, 0.25) is 0 Å². The van der Waals surface area contributed by atoms with Crippen molar-refractivity contribution in [1.29, 1.82) is 0 Å². The van der Waals surface area contributed by atoms with Crippen LogP contribution < -0.4 is 4.74 Å². The second-order valence-electron chi connectivity index (χ2n) is 8.46. The Kier molecular flexibility index (Phi) is 6.36. The normalized spacial score (nSPS) is 11.6. The van der Waals surface area contributed by atoms with Gasteiger partial charge in [-0.2, -0.15) is 13.2 Å². The molecular formula is C29H18F5NO3. The number of hydrogen-bond acceptors (Lipinski definition) is 2. The number of carboxylic acid groups (broad SMARTS) is 1. The van der Waals surface area contributed by atoms with Crippen LogP contribution in [0.1, 0.15) is 21.6 Å².